The minimum absolute atomic E-state index is 0.0889. The Bertz CT molecular complexity index is 1150. The predicted octanol–water partition coefficient (Wildman–Crippen LogP) is -0.112. The molecule has 2 bridgehead atoms. The molecule has 0 saturated heterocycles. The van der Waals surface area contributed by atoms with Crippen LogP contribution in [0.5, 0.6) is 0 Å². The van der Waals surface area contributed by atoms with Gasteiger partial charge in [0.05, 0.1) is 16.3 Å². The maximum absolute atomic E-state index is 13.2. The highest BCUT2D eigenvalue weighted by atomic mass is 32.2. The van der Waals surface area contributed by atoms with Crippen molar-refractivity contribution in [3.63, 3.8) is 0 Å². The van der Waals surface area contributed by atoms with Crippen LogP contribution in [0.2, 0.25) is 0 Å². The molecule has 1 aromatic carbocycles. The maximum atomic E-state index is 13.2. The maximum Gasteiger partial charge on any atom is 0.289 e. The molecule has 2 unspecified atom stereocenters. The van der Waals surface area contributed by atoms with Crippen molar-refractivity contribution in [2.45, 2.75) is 43.7 Å². The van der Waals surface area contributed by atoms with E-state index in [1.807, 2.05) is 0 Å². The van der Waals surface area contributed by atoms with Crippen LogP contribution in [0, 0.1) is 11.7 Å². The van der Waals surface area contributed by atoms with Gasteiger partial charge in [0, 0.05) is 31.8 Å². The van der Waals surface area contributed by atoms with E-state index in [0.29, 0.717) is 17.8 Å². The van der Waals surface area contributed by atoms with Crippen LogP contribution < -0.4 is 15.4 Å². The van der Waals surface area contributed by atoms with E-state index in [-0.39, 0.29) is 17.9 Å². The van der Waals surface area contributed by atoms with Crippen LogP contribution in [0.1, 0.15) is 25.2 Å². The smallest absolute Gasteiger partial charge is 0.289 e. The van der Waals surface area contributed by atoms with E-state index < -0.39 is 51.4 Å². The van der Waals surface area contributed by atoms with E-state index >= 15 is 0 Å². The van der Waals surface area contributed by atoms with Gasteiger partial charge in [0.2, 0.25) is 21.7 Å². The molecule has 0 aliphatic carbocycles. The molecule has 2 heterocycles. The molecule has 0 fully saturated rings. The number of amides is 2. The molecule has 0 saturated carbocycles. The van der Waals surface area contributed by atoms with Crippen molar-refractivity contribution in [1.82, 2.24) is 25.3 Å². The van der Waals surface area contributed by atoms with Crippen molar-refractivity contribution < 1.29 is 27.2 Å². The van der Waals surface area contributed by atoms with Crippen molar-refractivity contribution >= 4 is 27.6 Å². The number of Topliss-reactive ketones (excluding diaryl/α,β-unsaturated/α-hetero) is 1. The van der Waals surface area contributed by atoms with E-state index in [1.165, 1.54) is 6.20 Å². The van der Waals surface area contributed by atoms with Crippen molar-refractivity contribution in [2.75, 3.05) is 6.54 Å². The normalized spacial score (nSPS) is 17.9. The number of carbonyl (C=O) groups is 3. The number of nitrogens with one attached hydrogen (secondary N) is 3. The molecule has 3 N–H and O–H groups in total. The number of sulfonamides is 1. The van der Waals surface area contributed by atoms with Gasteiger partial charge >= 0.3 is 0 Å². The van der Waals surface area contributed by atoms with Crippen LogP contribution in [-0.4, -0.2) is 54.6 Å². The molecule has 3 rings (SSSR count). The molecule has 2 atom stereocenters. The summed E-state index contributed by atoms with van der Waals surface area (Å²) in [4.78, 5) is 46.2. The summed E-state index contributed by atoms with van der Waals surface area (Å²) in [5.41, 5.74) is 1.04. The number of ketones is 1. The van der Waals surface area contributed by atoms with Crippen LogP contribution in [0.25, 0.3) is 0 Å². The van der Waals surface area contributed by atoms with E-state index in [2.05, 4.69) is 25.3 Å². The van der Waals surface area contributed by atoms with Gasteiger partial charge in [-0.25, -0.2) is 12.8 Å². The third-order valence-corrected chi connectivity index (χ3v) is 6.48. The highest BCUT2D eigenvalue weighted by Gasteiger charge is 2.34. The molecule has 12 heteroatoms. The second-order valence-corrected chi connectivity index (χ2v) is 9.65. The molecule has 33 heavy (non-hydrogen) atoms. The molecule has 1 aromatic heterocycles. The van der Waals surface area contributed by atoms with Crippen LogP contribution in [0.3, 0.4) is 0 Å². The SMILES string of the molecule is CC(C)C(NS(=O)(=O)c1ccc(F)cc1)C(=O)NC1Cc2cncc(n2)CCNC(=O)C1=O. The van der Waals surface area contributed by atoms with Gasteiger partial charge in [-0.1, -0.05) is 13.8 Å². The van der Waals surface area contributed by atoms with Gasteiger partial charge < -0.3 is 10.6 Å². The average molecular weight is 478 g/mol. The Morgan fingerprint density at radius 1 is 1.15 bits per heavy atom. The fourth-order valence-corrected chi connectivity index (χ4v) is 4.58. The Kier molecular flexibility index (Phi) is 7.49. The number of hydrogen-bond donors (Lipinski definition) is 3. The molecule has 176 valence electrons. The van der Waals surface area contributed by atoms with Crippen LogP contribution in [0.4, 0.5) is 4.39 Å². The number of fused-ring (bicyclic) bond motifs is 2. The third-order valence-electron chi connectivity index (χ3n) is 5.03. The topological polar surface area (TPSA) is 147 Å². The zero-order valence-electron chi connectivity index (χ0n) is 18.0. The summed E-state index contributed by atoms with van der Waals surface area (Å²) < 4.78 is 40.9. The van der Waals surface area contributed by atoms with E-state index in [4.69, 9.17) is 0 Å². The Morgan fingerprint density at radius 3 is 2.48 bits per heavy atom. The van der Waals surface area contributed by atoms with Gasteiger partial charge in [0.1, 0.15) is 17.9 Å². The summed E-state index contributed by atoms with van der Waals surface area (Å²) in [6.45, 7) is 3.41. The standard InChI is InChI=1S/C21H24FN5O5S/c1-12(2)18(27-33(31,32)16-5-3-13(22)4-6-16)20(29)26-17-9-15-11-23-10-14(25-15)7-8-24-21(30)19(17)28/h3-6,10-12,17-18,27H,7-9H2,1-2H3,(H,24,30)(H,26,29). The summed E-state index contributed by atoms with van der Waals surface area (Å²) in [6, 6.07) is 1.61. The quantitative estimate of drug-likeness (QED) is 0.492. The molecule has 0 radical (unpaired) electrons. The average Bonchev–Trinajstić information content (AvgIpc) is 2.76. The summed E-state index contributed by atoms with van der Waals surface area (Å²) in [6.07, 6.45) is 3.30. The number of carbonyl (C=O) groups excluding carboxylic acids is 3. The summed E-state index contributed by atoms with van der Waals surface area (Å²) >= 11 is 0. The van der Waals surface area contributed by atoms with Crippen molar-refractivity contribution in [3.05, 3.63) is 53.9 Å². The zero-order chi connectivity index (χ0) is 24.2. The number of nitrogens with zero attached hydrogens (tertiary/aromatic N) is 2. The van der Waals surface area contributed by atoms with E-state index in [1.54, 1.807) is 20.0 Å². The second kappa shape index (κ2) is 10.1. The minimum Gasteiger partial charge on any atom is -0.349 e. The first-order valence-corrected chi connectivity index (χ1v) is 11.8. The van der Waals surface area contributed by atoms with Gasteiger partial charge in [0.15, 0.2) is 0 Å². The molecular weight excluding hydrogens is 453 g/mol. The number of hydrogen-bond acceptors (Lipinski definition) is 7. The lowest BCUT2D eigenvalue weighted by molar-refractivity contribution is -0.140. The van der Waals surface area contributed by atoms with Crippen molar-refractivity contribution in [3.8, 4) is 0 Å². The van der Waals surface area contributed by atoms with Crippen LogP contribution in [0.15, 0.2) is 41.6 Å². The fourth-order valence-electron chi connectivity index (χ4n) is 3.24. The first-order chi connectivity index (χ1) is 15.6. The second-order valence-electron chi connectivity index (χ2n) is 7.93. The minimum atomic E-state index is -4.16. The van der Waals surface area contributed by atoms with Crippen molar-refractivity contribution in [1.29, 1.82) is 0 Å². The highest BCUT2D eigenvalue weighted by molar-refractivity contribution is 7.89. The number of halogens is 1. The van der Waals surface area contributed by atoms with Gasteiger partial charge in [-0.05, 0) is 30.2 Å². The highest BCUT2D eigenvalue weighted by Crippen LogP contribution is 2.14. The lowest BCUT2D eigenvalue weighted by atomic mass is 10.0. The number of benzene rings is 1. The van der Waals surface area contributed by atoms with Crippen molar-refractivity contribution in [2.24, 2.45) is 5.92 Å². The zero-order valence-corrected chi connectivity index (χ0v) is 18.9. The Morgan fingerprint density at radius 2 is 1.82 bits per heavy atom. The largest absolute Gasteiger partial charge is 0.349 e. The molecular formula is C21H24FN5O5S. The molecule has 1 aliphatic rings. The van der Waals surface area contributed by atoms with E-state index in [0.717, 1.165) is 24.3 Å². The monoisotopic (exact) mass is 477 g/mol. The molecule has 0 spiro atoms. The number of rotatable bonds is 6. The fraction of sp³-hybridized carbons (Fsp3) is 0.381. The molecule has 10 nitrogen and oxygen atoms in total. The molecule has 2 aromatic rings. The summed E-state index contributed by atoms with van der Waals surface area (Å²) in [5.74, 6) is -3.63. The van der Waals surface area contributed by atoms with Crippen LogP contribution in [-0.2, 0) is 37.2 Å². The Balaban J connectivity index is 1.83. The molecule has 2 amide bonds. The lowest BCUT2D eigenvalue weighted by Gasteiger charge is -2.25. The van der Waals surface area contributed by atoms with Gasteiger partial charge in [0.25, 0.3) is 5.91 Å². The Labute approximate surface area is 190 Å². The summed E-state index contributed by atoms with van der Waals surface area (Å²) in [5, 5.41) is 4.97. The van der Waals surface area contributed by atoms with E-state index in [9.17, 15) is 27.2 Å². The molecule has 1 aliphatic heterocycles. The third kappa shape index (κ3) is 6.17. The van der Waals surface area contributed by atoms with Crippen LogP contribution >= 0.6 is 0 Å². The first kappa shape index (κ1) is 24.4. The predicted molar refractivity (Wildman–Crippen MR) is 115 cm³/mol. The first-order valence-electron chi connectivity index (χ1n) is 10.3. The number of aromatic nitrogens is 2. The summed E-state index contributed by atoms with van der Waals surface area (Å²) in [7, 11) is -4.16. The lowest BCUT2D eigenvalue weighted by Crippen LogP contribution is -2.56. The van der Waals surface area contributed by atoms with Gasteiger partial charge in [-0.2, -0.15) is 4.72 Å². The van der Waals surface area contributed by atoms with Gasteiger partial charge in [-0.15, -0.1) is 0 Å². The van der Waals surface area contributed by atoms with Gasteiger partial charge in [-0.3, -0.25) is 24.4 Å². The Hall–Kier alpha value is -3.25.